The van der Waals surface area contributed by atoms with Crippen LogP contribution in [0.25, 0.3) is 0 Å². The number of pyridine rings is 1. The number of ether oxygens (including phenoxy) is 2. The van der Waals surface area contributed by atoms with Crippen molar-refractivity contribution in [2.75, 3.05) is 13.7 Å². The Morgan fingerprint density at radius 3 is 3.22 bits per heavy atom. The van der Waals surface area contributed by atoms with E-state index in [-0.39, 0.29) is 18.2 Å². The summed E-state index contributed by atoms with van der Waals surface area (Å²) in [6.45, 7) is 0.794. The summed E-state index contributed by atoms with van der Waals surface area (Å²) in [4.78, 5) is 17.8. The number of aromatic nitrogens is 1. The Morgan fingerprint density at radius 2 is 2.39 bits per heavy atom. The minimum atomic E-state index is -0.249. The average Bonchev–Trinajstić information content (AvgIpc) is 2.77. The third kappa shape index (κ3) is 1.70. The molecule has 2 atom stereocenters. The summed E-state index contributed by atoms with van der Waals surface area (Å²) in [5, 5.41) is 0. The molecule has 2 aliphatic rings. The van der Waals surface area contributed by atoms with Crippen LogP contribution in [0.5, 0.6) is 5.75 Å². The fraction of sp³-hybridized carbons (Fsp3) is 0.538. The Hall–Kier alpha value is -1.78. The van der Waals surface area contributed by atoms with E-state index in [0.29, 0.717) is 0 Å². The van der Waals surface area contributed by atoms with Crippen molar-refractivity contribution in [1.82, 2.24) is 9.88 Å². The molecule has 0 saturated carbocycles. The predicted octanol–water partition coefficient (Wildman–Crippen LogP) is 2.14. The van der Waals surface area contributed by atoms with E-state index in [1.54, 1.807) is 25.6 Å². The van der Waals surface area contributed by atoms with Gasteiger partial charge >= 0.3 is 6.09 Å². The Morgan fingerprint density at radius 1 is 1.50 bits per heavy atom. The lowest BCUT2D eigenvalue weighted by atomic mass is 9.95. The lowest BCUT2D eigenvalue weighted by molar-refractivity contribution is 0.128. The zero-order valence-electron chi connectivity index (χ0n) is 10.3. The first-order valence-corrected chi connectivity index (χ1v) is 6.26. The van der Waals surface area contributed by atoms with Crippen LogP contribution in [-0.4, -0.2) is 35.7 Å². The molecule has 0 aromatic carbocycles. The van der Waals surface area contributed by atoms with Gasteiger partial charge in [-0.25, -0.2) is 4.79 Å². The number of amides is 1. The summed E-state index contributed by atoms with van der Waals surface area (Å²) in [5.41, 5.74) is 0.864. The number of carbonyl (C=O) groups excluding carboxylic acids is 1. The highest BCUT2D eigenvalue weighted by molar-refractivity contribution is 5.71. The summed E-state index contributed by atoms with van der Waals surface area (Å²) in [7, 11) is 1.62. The van der Waals surface area contributed by atoms with Crippen LogP contribution in [0.2, 0.25) is 0 Å². The number of carbonyl (C=O) groups is 1. The van der Waals surface area contributed by atoms with Crippen LogP contribution in [0.15, 0.2) is 18.5 Å². The van der Waals surface area contributed by atoms with E-state index in [4.69, 9.17) is 9.47 Å². The second kappa shape index (κ2) is 4.48. The third-order valence-corrected chi connectivity index (χ3v) is 3.70. The van der Waals surface area contributed by atoms with E-state index < -0.39 is 0 Å². The molecule has 0 unspecified atom stereocenters. The number of rotatable bonds is 2. The molecule has 3 heterocycles. The molecule has 0 N–H and O–H groups in total. The van der Waals surface area contributed by atoms with Crippen molar-refractivity contribution in [3.05, 3.63) is 24.0 Å². The number of methoxy groups -OCH3 is 1. The van der Waals surface area contributed by atoms with Gasteiger partial charge in [0.25, 0.3) is 0 Å². The van der Waals surface area contributed by atoms with Crippen LogP contribution in [0.4, 0.5) is 4.79 Å². The molecule has 3 rings (SSSR count). The van der Waals surface area contributed by atoms with Crippen molar-refractivity contribution in [1.29, 1.82) is 0 Å². The summed E-state index contributed by atoms with van der Waals surface area (Å²) in [6.07, 6.45) is 6.12. The number of cyclic esters (lactones) is 1. The number of piperidine rings is 1. The maximum absolute atomic E-state index is 11.8. The maximum atomic E-state index is 11.8. The van der Waals surface area contributed by atoms with Gasteiger partial charge in [0, 0.05) is 18.9 Å². The van der Waals surface area contributed by atoms with Gasteiger partial charge in [0.05, 0.1) is 18.7 Å². The van der Waals surface area contributed by atoms with Gasteiger partial charge in [-0.3, -0.25) is 4.98 Å². The van der Waals surface area contributed by atoms with Crippen LogP contribution >= 0.6 is 0 Å². The zero-order chi connectivity index (χ0) is 12.5. The second-order valence-corrected chi connectivity index (χ2v) is 4.68. The molecule has 0 bridgehead atoms. The molecule has 1 aromatic heterocycles. The first-order valence-electron chi connectivity index (χ1n) is 6.26. The van der Waals surface area contributed by atoms with Crippen molar-refractivity contribution in [3.63, 3.8) is 0 Å². The normalized spacial score (nSPS) is 26.7. The largest absolute Gasteiger partial charge is 0.496 e. The minimum absolute atomic E-state index is 0.129. The number of hydrogen-bond donors (Lipinski definition) is 0. The molecule has 0 spiro atoms. The molecule has 0 aliphatic carbocycles. The van der Waals surface area contributed by atoms with Crippen molar-refractivity contribution >= 4 is 6.09 Å². The summed E-state index contributed by atoms with van der Waals surface area (Å²) >= 11 is 0. The van der Waals surface area contributed by atoms with Crippen molar-refractivity contribution in [3.8, 4) is 5.75 Å². The minimum Gasteiger partial charge on any atom is -0.496 e. The summed E-state index contributed by atoms with van der Waals surface area (Å²) < 4.78 is 10.8. The molecule has 96 valence electrons. The quantitative estimate of drug-likeness (QED) is 0.804. The topological polar surface area (TPSA) is 51.7 Å². The fourth-order valence-corrected chi connectivity index (χ4v) is 2.82. The van der Waals surface area contributed by atoms with Gasteiger partial charge in [0.2, 0.25) is 0 Å². The van der Waals surface area contributed by atoms with Gasteiger partial charge in [0.1, 0.15) is 5.75 Å². The molecule has 2 fully saturated rings. The van der Waals surface area contributed by atoms with Crippen LogP contribution < -0.4 is 4.74 Å². The Balaban J connectivity index is 1.94. The molecule has 1 aromatic rings. The molecule has 18 heavy (non-hydrogen) atoms. The van der Waals surface area contributed by atoms with Gasteiger partial charge in [-0.2, -0.15) is 0 Å². The average molecular weight is 248 g/mol. The highest BCUT2D eigenvalue weighted by atomic mass is 16.6. The SMILES string of the molecule is COc1ccncc1[C@@H]1OC(=O)N2CCCC[C@H]12. The first-order chi connectivity index (χ1) is 8.81. The zero-order valence-corrected chi connectivity index (χ0v) is 10.3. The predicted molar refractivity (Wildman–Crippen MR) is 64.4 cm³/mol. The first kappa shape index (κ1) is 11.3. The molecule has 0 radical (unpaired) electrons. The van der Waals surface area contributed by atoms with Crippen LogP contribution in [0.1, 0.15) is 30.9 Å². The fourth-order valence-electron chi connectivity index (χ4n) is 2.82. The summed E-state index contributed by atoms with van der Waals surface area (Å²) in [6, 6.07) is 1.93. The standard InChI is InChI=1S/C13H16N2O3/c1-17-11-5-6-14-8-9(11)12-10-4-2-3-7-15(10)13(16)18-12/h5-6,8,10,12H,2-4,7H2,1H3/t10-,12+/m1/s1. The van der Waals surface area contributed by atoms with Crippen LogP contribution in [-0.2, 0) is 4.74 Å². The lowest BCUT2D eigenvalue weighted by Crippen LogP contribution is -2.38. The van der Waals surface area contributed by atoms with E-state index in [0.717, 1.165) is 37.1 Å². The number of hydrogen-bond acceptors (Lipinski definition) is 4. The summed E-state index contributed by atoms with van der Waals surface area (Å²) in [5.74, 6) is 0.732. The number of nitrogens with zero attached hydrogens (tertiary/aromatic N) is 2. The molecule has 2 saturated heterocycles. The molecule has 2 aliphatic heterocycles. The van der Waals surface area contributed by atoms with Crippen molar-refractivity contribution < 1.29 is 14.3 Å². The molecular weight excluding hydrogens is 232 g/mol. The smallest absolute Gasteiger partial charge is 0.410 e. The Bertz CT molecular complexity index is 463. The number of fused-ring (bicyclic) bond motifs is 1. The van der Waals surface area contributed by atoms with E-state index >= 15 is 0 Å². The van der Waals surface area contributed by atoms with Gasteiger partial charge in [-0.1, -0.05) is 0 Å². The van der Waals surface area contributed by atoms with Crippen LogP contribution in [0.3, 0.4) is 0 Å². The van der Waals surface area contributed by atoms with Crippen molar-refractivity contribution in [2.24, 2.45) is 0 Å². The van der Waals surface area contributed by atoms with Gasteiger partial charge in [0.15, 0.2) is 6.10 Å². The molecule has 5 heteroatoms. The molecule has 5 nitrogen and oxygen atoms in total. The van der Waals surface area contributed by atoms with E-state index in [9.17, 15) is 4.79 Å². The monoisotopic (exact) mass is 248 g/mol. The van der Waals surface area contributed by atoms with Crippen LogP contribution in [0, 0.1) is 0 Å². The van der Waals surface area contributed by atoms with Crippen molar-refractivity contribution in [2.45, 2.75) is 31.4 Å². The van der Waals surface area contributed by atoms with E-state index in [1.165, 1.54) is 0 Å². The van der Waals surface area contributed by atoms with E-state index in [1.807, 2.05) is 4.90 Å². The highest BCUT2D eigenvalue weighted by Crippen LogP contribution is 2.40. The molecular formula is C13H16N2O3. The lowest BCUT2D eigenvalue weighted by Gasteiger charge is -2.29. The van der Waals surface area contributed by atoms with Gasteiger partial charge < -0.3 is 14.4 Å². The maximum Gasteiger partial charge on any atom is 0.410 e. The van der Waals surface area contributed by atoms with Gasteiger partial charge in [-0.15, -0.1) is 0 Å². The second-order valence-electron chi connectivity index (χ2n) is 4.68. The third-order valence-electron chi connectivity index (χ3n) is 3.70. The van der Waals surface area contributed by atoms with E-state index in [2.05, 4.69) is 4.98 Å². The van der Waals surface area contributed by atoms with Gasteiger partial charge in [-0.05, 0) is 25.3 Å². The Labute approximate surface area is 106 Å². The Kier molecular flexibility index (Phi) is 2.81. The highest BCUT2D eigenvalue weighted by Gasteiger charge is 2.44. The molecule has 1 amide bonds.